The normalized spacial score (nSPS) is 24.9. The maximum Gasteiger partial charge on any atom is 0.335 e. The molecule has 1 aromatic carbocycles. The topological polar surface area (TPSA) is 44.8 Å². The summed E-state index contributed by atoms with van der Waals surface area (Å²) in [5.74, 6) is -3.16. The fourth-order valence-corrected chi connectivity index (χ4v) is 2.66. The third-order valence-corrected chi connectivity index (χ3v) is 3.53. The Bertz CT molecular complexity index is 533. The highest BCUT2D eigenvalue weighted by Gasteiger charge is 2.41. The van der Waals surface area contributed by atoms with Crippen molar-refractivity contribution in [3.05, 3.63) is 29.3 Å². The molecule has 0 spiro atoms. The number of carbonyl (C=O) groups is 1. The summed E-state index contributed by atoms with van der Waals surface area (Å²) in [6.07, 6.45) is -0.508. The van der Waals surface area contributed by atoms with E-state index >= 15 is 0 Å². The molecule has 1 saturated heterocycles. The van der Waals surface area contributed by atoms with Crippen LogP contribution in [0, 0.1) is 11.6 Å². The fraction of sp³-hybridized carbons (Fsp3) is 0.533. The zero-order chi connectivity index (χ0) is 15.6. The molecular weight excluding hydrogens is 282 g/mol. The van der Waals surface area contributed by atoms with E-state index in [1.165, 1.54) is 13.2 Å². The SMILES string of the molecule is CCOC(=O)[C@H]1OC(C)C[C@H]1c1ccc(F)c(F)c1OC. The summed E-state index contributed by atoms with van der Waals surface area (Å²) in [4.78, 5) is 12.0. The molecule has 116 valence electrons. The molecule has 6 heteroatoms. The number of ether oxygens (including phenoxy) is 3. The smallest absolute Gasteiger partial charge is 0.335 e. The number of rotatable bonds is 4. The molecule has 1 fully saturated rings. The van der Waals surface area contributed by atoms with Crippen molar-refractivity contribution < 1.29 is 27.8 Å². The van der Waals surface area contributed by atoms with E-state index in [2.05, 4.69) is 0 Å². The van der Waals surface area contributed by atoms with E-state index in [0.29, 0.717) is 12.0 Å². The molecule has 1 aliphatic rings. The first-order valence-electron chi connectivity index (χ1n) is 6.83. The number of methoxy groups -OCH3 is 1. The first-order valence-corrected chi connectivity index (χ1v) is 6.83. The third-order valence-electron chi connectivity index (χ3n) is 3.53. The minimum Gasteiger partial charge on any atom is -0.493 e. The van der Waals surface area contributed by atoms with E-state index in [4.69, 9.17) is 14.2 Å². The molecule has 0 aliphatic carbocycles. The lowest BCUT2D eigenvalue weighted by molar-refractivity contribution is -0.156. The van der Waals surface area contributed by atoms with E-state index in [1.54, 1.807) is 6.92 Å². The Morgan fingerprint density at radius 3 is 2.76 bits per heavy atom. The van der Waals surface area contributed by atoms with Crippen molar-refractivity contribution in [2.45, 2.75) is 38.4 Å². The van der Waals surface area contributed by atoms with Crippen LogP contribution in [0.4, 0.5) is 8.78 Å². The zero-order valence-corrected chi connectivity index (χ0v) is 12.2. The predicted molar refractivity (Wildman–Crippen MR) is 71.2 cm³/mol. The van der Waals surface area contributed by atoms with Crippen LogP contribution in [0.3, 0.4) is 0 Å². The standard InChI is InChI=1S/C15H18F2O4/c1-4-20-15(18)14-10(7-8(2)21-14)9-5-6-11(16)12(17)13(9)19-3/h5-6,8,10,14H,4,7H2,1-3H3/t8?,10-,14-/m0/s1. The second-order valence-corrected chi connectivity index (χ2v) is 4.95. The predicted octanol–water partition coefficient (Wildman–Crippen LogP) is 2.80. The van der Waals surface area contributed by atoms with Gasteiger partial charge < -0.3 is 14.2 Å². The molecule has 0 aromatic heterocycles. The number of halogens is 2. The zero-order valence-electron chi connectivity index (χ0n) is 12.2. The first-order chi connectivity index (χ1) is 9.99. The van der Waals surface area contributed by atoms with Crippen molar-refractivity contribution in [1.82, 2.24) is 0 Å². The largest absolute Gasteiger partial charge is 0.493 e. The highest BCUT2D eigenvalue weighted by Crippen LogP contribution is 2.41. The van der Waals surface area contributed by atoms with Gasteiger partial charge in [-0.2, -0.15) is 4.39 Å². The molecule has 1 aromatic rings. The molecule has 0 radical (unpaired) electrons. The molecule has 21 heavy (non-hydrogen) atoms. The summed E-state index contributed by atoms with van der Waals surface area (Å²) >= 11 is 0. The van der Waals surface area contributed by atoms with E-state index in [9.17, 15) is 13.6 Å². The maximum atomic E-state index is 13.8. The van der Waals surface area contributed by atoms with Crippen molar-refractivity contribution in [3.8, 4) is 5.75 Å². The van der Waals surface area contributed by atoms with Crippen LogP contribution in [0.25, 0.3) is 0 Å². The van der Waals surface area contributed by atoms with Crippen molar-refractivity contribution in [2.75, 3.05) is 13.7 Å². The van der Waals surface area contributed by atoms with Gasteiger partial charge in [0.05, 0.1) is 19.8 Å². The average Bonchev–Trinajstić information content (AvgIpc) is 2.84. The van der Waals surface area contributed by atoms with Crippen LogP contribution in [0.15, 0.2) is 12.1 Å². The van der Waals surface area contributed by atoms with Crippen LogP contribution in [-0.4, -0.2) is 31.9 Å². The molecule has 2 rings (SSSR count). The quantitative estimate of drug-likeness (QED) is 0.802. The van der Waals surface area contributed by atoms with Crippen LogP contribution in [0.2, 0.25) is 0 Å². The molecule has 0 bridgehead atoms. The lowest BCUT2D eigenvalue weighted by Gasteiger charge is -2.20. The Balaban J connectivity index is 2.39. The second kappa shape index (κ2) is 6.39. The average molecular weight is 300 g/mol. The van der Waals surface area contributed by atoms with Gasteiger partial charge in [-0.15, -0.1) is 0 Å². The summed E-state index contributed by atoms with van der Waals surface area (Å²) in [7, 11) is 1.26. The Hall–Kier alpha value is -1.69. The monoisotopic (exact) mass is 300 g/mol. The summed E-state index contributed by atoms with van der Waals surface area (Å²) < 4.78 is 42.7. The van der Waals surface area contributed by atoms with Gasteiger partial charge in [0.2, 0.25) is 5.82 Å². The molecular formula is C15H18F2O4. The Kier molecular flexibility index (Phi) is 4.77. The molecule has 0 amide bonds. The molecule has 1 aliphatic heterocycles. The number of hydrogen-bond acceptors (Lipinski definition) is 4. The minimum atomic E-state index is -1.06. The summed E-state index contributed by atoms with van der Waals surface area (Å²) in [5.41, 5.74) is 0.416. The molecule has 4 nitrogen and oxygen atoms in total. The lowest BCUT2D eigenvalue weighted by atomic mass is 9.90. The van der Waals surface area contributed by atoms with Gasteiger partial charge in [-0.1, -0.05) is 6.07 Å². The molecule has 0 saturated carbocycles. The van der Waals surface area contributed by atoms with Gasteiger partial charge in [0.1, 0.15) is 0 Å². The molecule has 3 atom stereocenters. The van der Waals surface area contributed by atoms with E-state index in [1.807, 2.05) is 6.92 Å². The number of benzene rings is 1. The Morgan fingerprint density at radius 1 is 1.43 bits per heavy atom. The van der Waals surface area contributed by atoms with Crippen molar-refractivity contribution >= 4 is 5.97 Å². The fourth-order valence-electron chi connectivity index (χ4n) is 2.66. The molecule has 0 N–H and O–H groups in total. The van der Waals surface area contributed by atoms with Crippen LogP contribution in [0.1, 0.15) is 31.7 Å². The van der Waals surface area contributed by atoms with Gasteiger partial charge in [-0.25, -0.2) is 9.18 Å². The van der Waals surface area contributed by atoms with E-state index in [-0.39, 0.29) is 18.5 Å². The van der Waals surface area contributed by atoms with Gasteiger partial charge in [0.15, 0.2) is 17.7 Å². The lowest BCUT2D eigenvalue weighted by Crippen LogP contribution is -2.28. The van der Waals surface area contributed by atoms with Crippen LogP contribution in [-0.2, 0) is 14.3 Å². The van der Waals surface area contributed by atoms with E-state index < -0.39 is 29.6 Å². The van der Waals surface area contributed by atoms with Gasteiger partial charge in [0.25, 0.3) is 0 Å². The number of carbonyl (C=O) groups excluding carboxylic acids is 1. The number of hydrogen-bond donors (Lipinski definition) is 0. The number of esters is 1. The van der Waals surface area contributed by atoms with Crippen molar-refractivity contribution in [3.63, 3.8) is 0 Å². The highest BCUT2D eigenvalue weighted by molar-refractivity contribution is 5.77. The summed E-state index contributed by atoms with van der Waals surface area (Å²) in [6.45, 7) is 3.75. The Morgan fingerprint density at radius 2 is 2.14 bits per heavy atom. The molecule has 1 unspecified atom stereocenters. The highest BCUT2D eigenvalue weighted by atomic mass is 19.2. The maximum absolute atomic E-state index is 13.8. The van der Waals surface area contributed by atoms with Crippen molar-refractivity contribution in [2.24, 2.45) is 0 Å². The van der Waals surface area contributed by atoms with Crippen LogP contribution < -0.4 is 4.74 Å². The van der Waals surface area contributed by atoms with Crippen LogP contribution in [0.5, 0.6) is 5.75 Å². The van der Waals surface area contributed by atoms with E-state index in [0.717, 1.165) is 6.07 Å². The van der Waals surface area contributed by atoms with Crippen LogP contribution >= 0.6 is 0 Å². The minimum absolute atomic E-state index is 0.178. The van der Waals surface area contributed by atoms with Gasteiger partial charge in [-0.3, -0.25) is 0 Å². The van der Waals surface area contributed by atoms with Gasteiger partial charge >= 0.3 is 5.97 Å². The van der Waals surface area contributed by atoms with Gasteiger partial charge in [-0.05, 0) is 26.3 Å². The van der Waals surface area contributed by atoms with Gasteiger partial charge in [0, 0.05) is 11.5 Å². The summed E-state index contributed by atoms with van der Waals surface area (Å²) in [6, 6.07) is 2.45. The first kappa shape index (κ1) is 15.7. The second-order valence-electron chi connectivity index (χ2n) is 4.95. The molecule has 1 heterocycles. The summed E-state index contributed by atoms with van der Waals surface area (Å²) in [5, 5.41) is 0. The third kappa shape index (κ3) is 3.00. The van der Waals surface area contributed by atoms with Crippen molar-refractivity contribution in [1.29, 1.82) is 0 Å². The Labute approximate surface area is 122 Å².